The highest BCUT2D eigenvalue weighted by atomic mass is 15.2. The average Bonchev–Trinajstić information content (AvgIpc) is 0.711. The number of anilines is 6. The Kier molecular flexibility index (Phi) is 11.7. The summed E-state index contributed by atoms with van der Waals surface area (Å²) in [7, 11) is 0. The van der Waals surface area contributed by atoms with Gasteiger partial charge in [-0.3, -0.25) is 0 Å². The van der Waals surface area contributed by atoms with Gasteiger partial charge in [0.25, 0.3) is 6.71 Å². The first-order chi connectivity index (χ1) is 44.1. The molecule has 0 saturated carbocycles. The van der Waals surface area contributed by atoms with Crippen LogP contribution in [0.15, 0.2) is 322 Å². The van der Waals surface area contributed by atoms with Gasteiger partial charge in [-0.05, 0) is 172 Å². The van der Waals surface area contributed by atoms with Gasteiger partial charge in [0.15, 0.2) is 5.82 Å². The van der Waals surface area contributed by atoms with Crippen LogP contribution in [0.3, 0.4) is 0 Å². The van der Waals surface area contributed by atoms with E-state index in [9.17, 15) is 0 Å². The lowest BCUT2D eigenvalue weighted by Crippen LogP contribution is -2.61. The molecule has 18 rings (SSSR count). The molecule has 0 N–H and O–H groups in total. The van der Waals surface area contributed by atoms with E-state index in [1.807, 2.05) is 0 Å². The van der Waals surface area contributed by atoms with Gasteiger partial charge < -0.3 is 9.80 Å². The van der Waals surface area contributed by atoms with E-state index in [-0.39, 0.29) is 6.71 Å². The van der Waals surface area contributed by atoms with Crippen molar-refractivity contribution in [2.24, 2.45) is 0 Å². The summed E-state index contributed by atoms with van der Waals surface area (Å²) in [4.78, 5) is 16.3. The second-order valence-electron chi connectivity index (χ2n) is 23.7. The van der Waals surface area contributed by atoms with E-state index in [0.29, 0.717) is 5.82 Å². The Morgan fingerprint density at radius 1 is 0.247 bits per heavy atom. The molecule has 15 aromatic carbocycles. The minimum absolute atomic E-state index is 0.211. The highest BCUT2D eigenvalue weighted by molar-refractivity contribution is 7.01. The second kappa shape index (κ2) is 20.5. The largest absolute Gasteiger partial charge is 0.311 e. The van der Waals surface area contributed by atoms with Gasteiger partial charge in [-0.2, -0.15) is 0 Å². The molecule has 0 fully saturated rings. The third-order valence-electron chi connectivity index (χ3n) is 18.4. The first kappa shape index (κ1) is 50.6. The summed E-state index contributed by atoms with van der Waals surface area (Å²) in [5.74, 6) is 0.676. The van der Waals surface area contributed by atoms with Crippen molar-refractivity contribution >= 4 is 111 Å². The zero-order valence-electron chi connectivity index (χ0n) is 48.5. The molecule has 2 aliphatic rings. The van der Waals surface area contributed by atoms with Gasteiger partial charge in [0.05, 0.1) is 11.2 Å². The number of aromatic nitrogens is 2. The molecule has 89 heavy (non-hydrogen) atoms. The Labute approximate surface area is 516 Å². The molecular weight excluding hydrogens is 1080 g/mol. The van der Waals surface area contributed by atoms with Gasteiger partial charge >= 0.3 is 0 Å². The molecular formula is C84H53BN4. The molecule has 0 radical (unpaired) electrons. The summed E-state index contributed by atoms with van der Waals surface area (Å²) in [6, 6.07) is 119. The van der Waals surface area contributed by atoms with E-state index < -0.39 is 0 Å². The number of nitrogens with zero attached hydrogens (tertiary/aromatic N) is 4. The molecule has 0 amide bonds. The fourth-order valence-electron chi connectivity index (χ4n) is 14.4. The maximum absolute atomic E-state index is 5.72. The van der Waals surface area contributed by atoms with Crippen molar-refractivity contribution in [2.45, 2.75) is 0 Å². The van der Waals surface area contributed by atoms with E-state index in [0.717, 1.165) is 106 Å². The van der Waals surface area contributed by atoms with Crippen molar-refractivity contribution < 1.29 is 0 Å². The first-order valence-electron chi connectivity index (χ1n) is 30.6. The quantitative estimate of drug-likeness (QED) is 0.112. The van der Waals surface area contributed by atoms with Crippen LogP contribution >= 0.6 is 0 Å². The molecule has 0 bridgehead atoms. The Hall–Kier alpha value is -11.7. The van der Waals surface area contributed by atoms with Crippen LogP contribution in [0.25, 0.3) is 121 Å². The van der Waals surface area contributed by atoms with Crippen LogP contribution in [-0.2, 0) is 0 Å². The summed E-state index contributed by atoms with van der Waals surface area (Å²) in [5, 5.41) is 10.5. The van der Waals surface area contributed by atoms with Gasteiger partial charge in [0.1, 0.15) is 0 Å². The number of fused-ring (bicyclic) bond motifs is 11. The maximum atomic E-state index is 5.72. The molecule has 4 nitrogen and oxygen atoms in total. The van der Waals surface area contributed by atoms with Crippen molar-refractivity contribution in [2.75, 3.05) is 9.80 Å². The van der Waals surface area contributed by atoms with Crippen molar-refractivity contribution in [1.29, 1.82) is 0 Å². The average molecular weight is 1130 g/mol. The number of para-hydroxylation sites is 1. The fraction of sp³-hybridized carbons (Fsp3) is 0. The normalized spacial score (nSPS) is 12.4. The summed E-state index contributed by atoms with van der Waals surface area (Å²) in [6.07, 6.45) is 0. The number of hydrogen-bond donors (Lipinski definition) is 0. The third-order valence-corrected chi connectivity index (χ3v) is 18.4. The lowest BCUT2D eigenvalue weighted by atomic mass is 9.33. The molecule has 16 aromatic rings. The second-order valence-corrected chi connectivity index (χ2v) is 23.7. The van der Waals surface area contributed by atoms with E-state index in [1.165, 1.54) is 59.5 Å². The van der Waals surface area contributed by atoms with Gasteiger partial charge in [0.2, 0.25) is 0 Å². The van der Waals surface area contributed by atoms with Crippen molar-refractivity contribution in [1.82, 2.24) is 9.97 Å². The monoisotopic (exact) mass is 1130 g/mol. The Bertz CT molecular complexity index is 5110. The molecule has 0 spiro atoms. The van der Waals surface area contributed by atoms with Gasteiger partial charge in [-0.25, -0.2) is 9.97 Å². The summed E-state index contributed by atoms with van der Waals surface area (Å²) in [6.45, 7) is -0.211. The summed E-state index contributed by atoms with van der Waals surface area (Å²) < 4.78 is 0. The van der Waals surface area contributed by atoms with E-state index in [2.05, 4.69) is 331 Å². The Morgan fingerprint density at radius 2 is 0.618 bits per heavy atom. The summed E-state index contributed by atoms with van der Waals surface area (Å²) >= 11 is 0. The van der Waals surface area contributed by atoms with Crippen molar-refractivity contribution in [3.05, 3.63) is 322 Å². The van der Waals surface area contributed by atoms with Crippen LogP contribution < -0.4 is 26.2 Å². The van der Waals surface area contributed by atoms with Crippen LogP contribution in [0, 0.1) is 0 Å². The van der Waals surface area contributed by atoms with Gasteiger partial charge in [-0.15, -0.1) is 0 Å². The van der Waals surface area contributed by atoms with Gasteiger partial charge in [0, 0.05) is 61.4 Å². The van der Waals surface area contributed by atoms with Crippen LogP contribution in [-0.4, -0.2) is 16.7 Å². The molecule has 2 aliphatic heterocycles. The predicted molar refractivity (Wildman–Crippen MR) is 376 cm³/mol. The smallest absolute Gasteiger partial charge is 0.252 e. The van der Waals surface area contributed by atoms with Crippen molar-refractivity contribution in [3.8, 4) is 67.2 Å². The zero-order chi connectivity index (χ0) is 58.5. The van der Waals surface area contributed by atoms with Gasteiger partial charge in [-0.1, -0.05) is 243 Å². The molecule has 5 heteroatoms. The lowest BCUT2D eigenvalue weighted by Gasteiger charge is -2.45. The van der Waals surface area contributed by atoms with Crippen LogP contribution in [0.4, 0.5) is 34.1 Å². The molecule has 3 heterocycles. The van der Waals surface area contributed by atoms with Crippen molar-refractivity contribution in [3.63, 3.8) is 0 Å². The number of hydrogen-bond acceptors (Lipinski definition) is 4. The zero-order valence-corrected chi connectivity index (χ0v) is 48.5. The minimum atomic E-state index is -0.211. The van der Waals surface area contributed by atoms with E-state index in [1.54, 1.807) is 0 Å². The highest BCUT2D eigenvalue weighted by Gasteiger charge is 2.45. The summed E-state index contributed by atoms with van der Waals surface area (Å²) in [5.41, 5.74) is 23.1. The van der Waals surface area contributed by atoms with Crippen LogP contribution in [0.1, 0.15) is 0 Å². The molecule has 412 valence electrons. The molecule has 0 aliphatic carbocycles. The maximum Gasteiger partial charge on any atom is 0.252 e. The topological polar surface area (TPSA) is 32.3 Å². The number of benzene rings is 15. The molecule has 0 saturated heterocycles. The fourth-order valence-corrected chi connectivity index (χ4v) is 14.4. The highest BCUT2D eigenvalue weighted by Crippen LogP contribution is 2.52. The minimum Gasteiger partial charge on any atom is -0.311 e. The molecule has 0 unspecified atom stereocenters. The lowest BCUT2D eigenvalue weighted by molar-refractivity contribution is 1.22. The molecule has 0 atom stereocenters. The van der Waals surface area contributed by atoms with E-state index >= 15 is 0 Å². The standard InChI is InChI=1S/C84H53BN4/c1-6-22-54(23-7-1)65-44-66(55-24-8-2-9-25-55)47-70(46-65)88-78-52-69(81-72-36-20-21-37-77(72)86-84(87-81)58-30-14-5-15-31-58)53-79-80(78)85(75-40-38-63-42-59-32-16-18-34-61(59)50-73(63)82(75)88)76-41-39-64-43-60-33-17-19-35-62(60)51-74(64)83(76)89(79)71-48-67(56-26-10-3-11-27-56)45-68(49-71)57-28-12-4-13-29-57/h1-53H. The Balaban J connectivity index is 1.03. The third kappa shape index (κ3) is 8.46. The predicted octanol–water partition coefficient (Wildman–Crippen LogP) is 20.3. The Morgan fingerprint density at radius 3 is 1.04 bits per heavy atom. The molecule has 1 aromatic heterocycles. The first-order valence-corrected chi connectivity index (χ1v) is 30.6. The SMILES string of the molecule is c1ccc(-c2cc(-c3ccccc3)cc(N3c4cc(-c5nc(-c6ccccc6)nc6ccccc56)cc5c4B(c4ccc6cc7ccccc7cc6c43)c3ccc4cc6ccccc6cc4c3N5c3cc(-c4ccccc4)cc(-c4ccccc4)c3)c2)cc1. The van der Waals surface area contributed by atoms with Crippen LogP contribution in [0.5, 0.6) is 0 Å². The van der Waals surface area contributed by atoms with Crippen LogP contribution in [0.2, 0.25) is 0 Å². The van der Waals surface area contributed by atoms with E-state index in [4.69, 9.17) is 9.97 Å². The number of rotatable bonds is 8.